The Morgan fingerprint density at radius 2 is 2.19 bits per heavy atom. The molecule has 0 aliphatic heterocycles. The molecular formula is C14H19ClN2O3Se. The number of nitrogens with two attached hydrogens (primary N) is 1. The number of carbonyl (C=O) groups excluding carboxylic acids is 2. The van der Waals surface area contributed by atoms with Gasteiger partial charge < -0.3 is 0 Å². The number of halogens is 1. The molecule has 7 heteroatoms. The van der Waals surface area contributed by atoms with E-state index in [2.05, 4.69) is 4.98 Å². The summed E-state index contributed by atoms with van der Waals surface area (Å²) in [5.74, 6) is -0.364. The molecule has 0 spiro atoms. The second-order valence-electron chi connectivity index (χ2n) is 4.40. The molecule has 0 saturated carbocycles. The third-order valence-electron chi connectivity index (χ3n) is 2.76. The van der Waals surface area contributed by atoms with Crippen molar-refractivity contribution in [3.05, 3.63) is 22.8 Å². The van der Waals surface area contributed by atoms with E-state index >= 15 is 0 Å². The molecule has 1 atom stereocenters. The Balaban J connectivity index is 2.77. The topological polar surface area (TPSA) is 82.3 Å². The molecule has 0 radical (unpaired) electrons. The Hall–Kier alpha value is -1.10. The first kappa shape index (κ1) is 17.9. The molecule has 1 rings (SSSR count). The summed E-state index contributed by atoms with van der Waals surface area (Å²) in [6.07, 6.45) is 2.55. The first-order valence-corrected chi connectivity index (χ1v) is 9.14. The molecule has 116 valence electrons. The molecule has 1 aromatic heterocycles. The number of rotatable bonds is 8. The minimum atomic E-state index is -0.345. The van der Waals surface area contributed by atoms with Crippen LogP contribution in [0, 0.1) is 5.92 Å². The molecule has 1 unspecified atom stereocenters. The van der Waals surface area contributed by atoms with E-state index < -0.39 is 0 Å². The Labute approximate surface area is 135 Å². The van der Waals surface area contributed by atoms with Crippen LogP contribution >= 0.6 is 11.6 Å². The predicted octanol–water partition coefficient (Wildman–Crippen LogP) is 2.10. The van der Waals surface area contributed by atoms with Crippen LogP contribution in [0.3, 0.4) is 0 Å². The van der Waals surface area contributed by atoms with Gasteiger partial charge in [-0.1, -0.05) is 0 Å². The van der Waals surface area contributed by atoms with Gasteiger partial charge in [-0.15, -0.1) is 0 Å². The van der Waals surface area contributed by atoms with Gasteiger partial charge in [0.15, 0.2) is 0 Å². The molecular weight excluding hydrogens is 359 g/mol. The third-order valence-corrected chi connectivity index (χ3v) is 5.54. The van der Waals surface area contributed by atoms with E-state index in [0.29, 0.717) is 29.8 Å². The molecule has 0 saturated heterocycles. The van der Waals surface area contributed by atoms with Crippen LogP contribution in [0.4, 0.5) is 5.82 Å². The van der Waals surface area contributed by atoms with Crippen molar-refractivity contribution in [1.29, 1.82) is 0 Å². The molecule has 0 amide bonds. The van der Waals surface area contributed by atoms with E-state index in [1.165, 1.54) is 0 Å². The first-order valence-electron chi connectivity index (χ1n) is 6.70. The van der Waals surface area contributed by atoms with Crippen molar-refractivity contribution in [2.24, 2.45) is 5.92 Å². The number of nitrogens with zero attached hydrogens (tertiary/aromatic N) is 1. The van der Waals surface area contributed by atoms with Crippen molar-refractivity contribution in [3.63, 3.8) is 0 Å². The summed E-state index contributed by atoms with van der Waals surface area (Å²) in [6, 6.07) is 1.70. The number of nitrogen functional groups attached to an aromatic ring is 1. The maximum atomic E-state index is 12.0. The van der Waals surface area contributed by atoms with Crippen LogP contribution in [0.2, 0.25) is 10.3 Å². The summed E-state index contributed by atoms with van der Waals surface area (Å²) in [7, 11) is 0. The molecule has 0 bridgehead atoms. The van der Waals surface area contributed by atoms with Gasteiger partial charge in [-0.2, -0.15) is 0 Å². The molecule has 1 heterocycles. The van der Waals surface area contributed by atoms with Crippen LogP contribution in [0.15, 0.2) is 12.3 Å². The summed E-state index contributed by atoms with van der Waals surface area (Å²) in [5, 5.41) is 0.894. The van der Waals surface area contributed by atoms with E-state index in [1.54, 1.807) is 19.2 Å². The summed E-state index contributed by atoms with van der Waals surface area (Å²) in [6.45, 7) is 3.91. The van der Waals surface area contributed by atoms with Gasteiger partial charge in [-0.05, 0) is 0 Å². The normalized spacial score (nSPS) is 12.0. The van der Waals surface area contributed by atoms with Gasteiger partial charge in [0.1, 0.15) is 0 Å². The van der Waals surface area contributed by atoms with E-state index in [-0.39, 0.29) is 37.3 Å². The third kappa shape index (κ3) is 6.04. The van der Waals surface area contributed by atoms with Crippen molar-refractivity contribution in [3.8, 4) is 0 Å². The molecule has 0 aliphatic carbocycles. The van der Waals surface area contributed by atoms with E-state index in [4.69, 9.17) is 22.1 Å². The standard InChI is InChI=1S/C14H19ClN2O3Se/c1-3-12(18)21-8-10(14(19)20-4-2)5-9-6-11(15)13(16)17-7-9/h6-7,10H,3-5,8H2,1-2H3,(H2,16,17). The van der Waals surface area contributed by atoms with Crippen LogP contribution in [0.1, 0.15) is 25.8 Å². The van der Waals surface area contributed by atoms with Crippen molar-refractivity contribution in [2.45, 2.75) is 32.0 Å². The maximum absolute atomic E-state index is 12.0. The average molecular weight is 378 g/mol. The zero-order valence-corrected chi connectivity index (χ0v) is 14.6. The number of aromatic nitrogens is 1. The molecule has 0 fully saturated rings. The van der Waals surface area contributed by atoms with E-state index in [9.17, 15) is 9.59 Å². The number of carbonyl (C=O) groups is 2. The number of esters is 1. The zero-order valence-electron chi connectivity index (χ0n) is 12.1. The van der Waals surface area contributed by atoms with Crippen LogP contribution in [-0.4, -0.2) is 37.2 Å². The molecule has 5 nitrogen and oxygen atoms in total. The van der Waals surface area contributed by atoms with Crippen LogP contribution in [-0.2, 0) is 20.7 Å². The predicted molar refractivity (Wildman–Crippen MR) is 83.3 cm³/mol. The molecule has 21 heavy (non-hydrogen) atoms. The van der Waals surface area contributed by atoms with Crippen molar-refractivity contribution < 1.29 is 14.3 Å². The van der Waals surface area contributed by atoms with Gasteiger partial charge in [0.05, 0.1) is 0 Å². The Bertz CT molecular complexity index is 511. The second-order valence-corrected chi connectivity index (χ2v) is 7.07. The number of hydrogen-bond donors (Lipinski definition) is 1. The summed E-state index contributed by atoms with van der Waals surface area (Å²) in [4.78, 5) is 27.5. The average Bonchev–Trinajstić information content (AvgIpc) is 2.46. The zero-order chi connectivity index (χ0) is 15.8. The fourth-order valence-electron chi connectivity index (χ4n) is 1.65. The SMILES string of the molecule is CCOC(=O)C(C[Se]C(=O)CC)Cc1cnc(N)c(Cl)c1. The fourth-order valence-corrected chi connectivity index (χ4v) is 3.61. The van der Waals surface area contributed by atoms with Crippen LogP contribution in [0.25, 0.3) is 0 Å². The van der Waals surface area contributed by atoms with Gasteiger partial charge in [0, 0.05) is 0 Å². The Morgan fingerprint density at radius 1 is 1.48 bits per heavy atom. The van der Waals surface area contributed by atoms with Crippen LogP contribution < -0.4 is 5.73 Å². The van der Waals surface area contributed by atoms with E-state index in [1.807, 2.05) is 6.92 Å². The number of anilines is 1. The summed E-state index contributed by atoms with van der Waals surface area (Å²) >= 11 is 5.72. The fraction of sp³-hybridized carbons (Fsp3) is 0.500. The van der Waals surface area contributed by atoms with Gasteiger partial charge in [0.25, 0.3) is 0 Å². The van der Waals surface area contributed by atoms with Crippen LogP contribution in [0.5, 0.6) is 0 Å². The number of ether oxygens (including phenoxy) is 1. The number of hydrogen-bond acceptors (Lipinski definition) is 5. The van der Waals surface area contributed by atoms with Crippen molar-refractivity contribution >= 4 is 43.0 Å². The molecule has 0 aliphatic rings. The van der Waals surface area contributed by atoms with E-state index in [0.717, 1.165) is 5.56 Å². The molecule has 1 aromatic rings. The molecule has 0 aromatic carbocycles. The quantitative estimate of drug-likeness (QED) is 0.554. The molecule has 2 N–H and O–H groups in total. The second kappa shape index (κ2) is 9.03. The van der Waals surface area contributed by atoms with Gasteiger partial charge in [-0.3, -0.25) is 0 Å². The Kier molecular flexibility index (Phi) is 7.72. The minimum absolute atomic E-state index is 0.199. The van der Waals surface area contributed by atoms with Gasteiger partial charge in [-0.25, -0.2) is 0 Å². The first-order chi connectivity index (χ1) is 9.97. The van der Waals surface area contributed by atoms with Crippen molar-refractivity contribution in [2.75, 3.05) is 12.3 Å². The Morgan fingerprint density at radius 3 is 2.76 bits per heavy atom. The van der Waals surface area contributed by atoms with Crippen molar-refractivity contribution in [1.82, 2.24) is 4.98 Å². The van der Waals surface area contributed by atoms with Gasteiger partial charge >= 0.3 is 135 Å². The van der Waals surface area contributed by atoms with Gasteiger partial charge in [0.2, 0.25) is 0 Å². The summed E-state index contributed by atoms with van der Waals surface area (Å²) < 4.78 is 5.28. The number of pyridine rings is 1. The summed E-state index contributed by atoms with van der Waals surface area (Å²) in [5.41, 5.74) is 6.38. The monoisotopic (exact) mass is 378 g/mol.